The molecule has 1 aliphatic carbocycles. The number of nitriles is 1. The van der Waals surface area contributed by atoms with Crippen molar-refractivity contribution in [3.05, 3.63) is 30.1 Å². The first-order valence-corrected chi connectivity index (χ1v) is 6.92. The van der Waals surface area contributed by atoms with E-state index in [9.17, 15) is 5.11 Å². The fourth-order valence-corrected chi connectivity index (χ4v) is 2.78. The SMILES string of the molecule is N#CCCN(Cc1cccnc1)CC1(O)CCCC1. The third-order valence-corrected chi connectivity index (χ3v) is 3.72. The number of hydrogen-bond donors (Lipinski definition) is 1. The smallest absolute Gasteiger partial charge is 0.0774 e. The van der Waals surface area contributed by atoms with Crippen LogP contribution in [0.4, 0.5) is 0 Å². The minimum Gasteiger partial charge on any atom is -0.389 e. The van der Waals surface area contributed by atoms with Gasteiger partial charge in [-0.3, -0.25) is 9.88 Å². The van der Waals surface area contributed by atoms with Gasteiger partial charge in [0.1, 0.15) is 0 Å². The van der Waals surface area contributed by atoms with E-state index in [1.54, 1.807) is 6.20 Å². The molecule has 1 aliphatic rings. The van der Waals surface area contributed by atoms with Crippen LogP contribution in [0.25, 0.3) is 0 Å². The average Bonchev–Trinajstić information content (AvgIpc) is 2.84. The Labute approximate surface area is 114 Å². The van der Waals surface area contributed by atoms with E-state index in [4.69, 9.17) is 5.26 Å². The topological polar surface area (TPSA) is 60.2 Å². The summed E-state index contributed by atoms with van der Waals surface area (Å²) >= 11 is 0. The van der Waals surface area contributed by atoms with Crippen molar-refractivity contribution in [3.8, 4) is 6.07 Å². The fraction of sp³-hybridized carbons (Fsp3) is 0.600. The summed E-state index contributed by atoms with van der Waals surface area (Å²) in [4.78, 5) is 6.29. The maximum absolute atomic E-state index is 10.5. The van der Waals surface area contributed by atoms with E-state index in [-0.39, 0.29) is 0 Å². The molecular formula is C15H21N3O. The lowest BCUT2D eigenvalue weighted by Crippen LogP contribution is -2.41. The summed E-state index contributed by atoms with van der Waals surface area (Å²) in [6, 6.07) is 6.13. The molecule has 4 nitrogen and oxygen atoms in total. The molecule has 102 valence electrons. The zero-order chi connectivity index (χ0) is 13.6. The second-order valence-corrected chi connectivity index (χ2v) is 5.41. The van der Waals surface area contributed by atoms with Crippen LogP contribution < -0.4 is 0 Å². The van der Waals surface area contributed by atoms with Gasteiger partial charge in [-0.1, -0.05) is 18.9 Å². The van der Waals surface area contributed by atoms with Gasteiger partial charge < -0.3 is 5.11 Å². The van der Waals surface area contributed by atoms with E-state index in [1.165, 1.54) is 0 Å². The first kappa shape index (κ1) is 14.0. The highest BCUT2D eigenvalue weighted by Crippen LogP contribution is 2.30. The molecule has 1 fully saturated rings. The van der Waals surface area contributed by atoms with Gasteiger partial charge >= 0.3 is 0 Å². The lowest BCUT2D eigenvalue weighted by atomic mass is 10.0. The van der Waals surface area contributed by atoms with Gasteiger partial charge in [0.2, 0.25) is 0 Å². The van der Waals surface area contributed by atoms with Crippen LogP contribution in [0.5, 0.6) is 0 Å². The Morgan fingerprint density at radius 1 is 1.42 bits per heavy atom. The number of nitrogens with zero attached hydrogens (tertiary/aromatic N) is 3. The van der Waals surface area contributed by atoms with Gasteiger partial charge in [0.05, 0.1) is 11.7 Å². The van der Waals surface area contributed by atoms with Crippen molar-refractivity contribution in [1.29, 1.82) is 5.26 Å². The van der Waals surface area contributed by atoms with E-state index in [2.05, 4.69) is 16.0 Å². The van der Waals surface area contributed by atoms with Gasteiger partial charge in [0, 0.05) is 38.4 Å². The van der Waals surface area contributed by atoms with Crippen LogP contribution in [0.3, 0.4) is 0 Å². The second-order valence-electron chi connectivity index (χ2n) is 5.41. The summed E-state index contributed by atoms with van der Waals surface area (Å²) in [5, 5.41) is 19.3. The number of aromatic nitrogens is 1. The fourth-order valence-electron chi connectivity index (χ4n) is 2.78. The Morgan fingerprint density at radius 3 is 2.84 bits per heavy atom. The van der Waals surface area contributed by atoms with Gasteiger partial charge in [0.15, 0.2) is 0 Å². The van der Waals surface area contributed by atoms with Crippen molar-refractivity contribution in [2.75, 3.05) is 13.1 Å². The van der Waals surface area contributed by atoms with E-state index >= 15 is 0 Å². The van der Waals surface area contributed by atoms with Crippen molar-refractivity contribution in [3.63, 3.8) is 0 Å². The van der Waals surface area contributed by atoms with Crippen LogP contribution >= 0.6 is 0 Å². The zero-order valence-electron chi connectivity index (χ0n) is 11.3. The Bertz CT molecular complexity index is 421. The monoisotopic (exact) mass is 259 g/mol. The molecule has 1 heterocycles. The molecule has 0 radical (unpaired) electrons. The van der Waals surface area contributed by atoms with Gasteiger partial charge in [-0.2, -0.15) is 5.26 Å². The van der Waals surface area contributed by atoms with E-state index in [0.717, 1.165) is 37.8 Å². The summed E-state index contributed by atoms with van der Waals surface area (Å²) in [5.74, 6) is 0. The van der Waals surface area contributed by atoms with Crippen LogP contribution in [-0.2, 0) is 6.54 Å². The highest BCUT2D eigenvalue weighted by Gasteiger charge is 2.32. The molecule has 0 amide bonds. The maximum atomic E-state index is 10.5. The minimum absolute atomic E-state index is 0.496. The predicted octanol–water partition coefficient (Wildman–Crippen LogP) is 2.10. The number of aliphatic hydroxyl groups is 1. The molecule has 0 unspecified atom stereocenters. The first-order chi connectivity index (χ1) is 9.22. The van der Waals surface area contributed by atoms with Gasteiger partial charge in [-0.25, -0.2) is 0 Å². The molecule has 0 bridgehead atoms. The number of hydrogen-bond acceptors (Lipinski definition) is 4. The Hall–Kier alpha value is -1.44. The van der Waals surface area contributed by atoms with Gasteiger partial charge in [0.25, 0.3) is 0 Å². The lowest BCUT2D eigenvalue weighted by molar-refractivity contribution is 0.00754. The highest BCUT2D eigenvalue weighted by molar-refractivity contribution is 5.08. The summed E-state index contributed by atoms with van der Waals surface area (Å²) in [6.45, 7) is 2.11. The van der Waals surface area contributed by atoms with Gasteiger partial charge in [-0.05, 0) is 24.5 Å². The molecule has 1 aromatic rings. The van der Waals surface area contributed by atoms with E-state index < -0.39 is 5.60 Å². The number of rotatable bonds is 6. The molecule has 1 saturated carbocycles. The van der Waals surface area contributed by atoms with Crippen LogP contribution in [-0.4, -0.2) is 33.7 Å². The normalized spacial score (nSPS) is 17.5. The maximum Gasteiger partial charge on any atom is 0.0774 e. The highest BCUT2D eigenvalue weighted by atomic mass is 16.3. The molecule has 19 heavy (non-hydrogen) atoms. The second kappa shape index (κ2) is 6.65. The van der Waals surface area contributed by atoms with Gasteiger partial charge in [-0.15, -0.1) is 0 Å². The summed E-state index contributed by atoms with van der Waals surface area (Å²) in [6.07, 6.45) is 8.07. The third-order valence-electron chi connectivity index (χ3n) is 3.72. The minimum atomic E-state index is -0.558. The summed E-state index contributed by atoms with van der Waals surface area (Å²) in [7, 11) is 0. The Morgan fingerprint density at radius 2 is 2.21 bits per heavy atom. The quantitative estimate of drug-likeness (QED) is 0.850. The average molecular weight is 259 g/mol. The molecule has 2 rings (SSSR count). The Kier molecular flexibility index (Phi) is 4.89. The molecule has 0 spiro atoms. The molecular weight excluding hydrogens is 238 g/mol. The zero-order valence-corrected chi connectivity index (χ0v) is 11.3. The van der Waals surface area contributed by atoms with Crippen molar-refractivity contribution in [2.45, 2.75) is 44.2 Å². The van der Waals surface area contributed by atoms with E-state index in [0.29, 0.717) is 19.5 Å². The van der Waals surface area contributed by atoms with Crippen LogP contribution in [0.1, 0.15) is 37.7 Å². The van der Waals surface area contributed by atoms with Crippen LogP contribution in [0.15, 0.2) is 24.5 Å². The summed E-state index contributed by atoms with van der Waals surface area (Å²) in [5.41, 5.74) is 0.569. The van der Waals surface area contributed by atoms with Crippen LogP contribution in [0.2, 0.25) is 0 Å². The molecule has 0 aliphatic heterocycles. The third kappa shape index (κ3) is 4.30. The predicted molar refractivity (Wildman–Crippen MR) is 73.2 cm³/mol. The molecule has 1 aromatic heterocycles. The largest absolute Gasteiger partial charge is 0.389 e. The van der Waals surface area contributed by atoms with Crippen LogP contribution in [0, 0.1) is 11.3 Å². The lowest BCUT2D eigenvalue weighted by Gasteiger charge is -2.30. The van der Waals surface area contributed by atoms with Crippen molar-refractivity contribution in [2.24, 2.45) is 0 Å². The molecule has 0 aromatic carbocycles. The summed E-state index contributed by atoms with van der Waals surface area (Å²) < 4.78 is 0. The first-order valence-electron chi connectivity index (χ1n) is 6.92. The molecule has 1 N–H and O–H groups in total. The molecule has 4 heteroatoms. The number of pyridine rings is 1. The van der Waals surface area contributed by atoms with Crippen molar-refractivity contribution >= 4 is 0 Å². The molecule has 0 atom stereocenters. The Balaban J connectivity index is 1.97. The molecule has 0 saturated heterocycles. The van der Waals surface area contributed by atoms with E-state index in [1.807, 2.05) is 18.3 Å². The van der Waals surface area contributed by atoms with Crippen molar-refractivity contribution in [1.82, 2.24) is 9.88 Å². The standard InChI is InChI=1S/C15H21N3O/c16-8-4-10-18(12-14-5-3-9-17-11-14)13-15(19)6-1-2-7-15/h3,5,9,11,19H,1-2,4,6-7,10,12-13H2. The van der Waals surface area contributed by atoms with Crippen molar-refractivity contribution < 1.29 is 5.11 Å².